The zero-order chi connectivity index (χ0) is 12.4. The SMILES string of the molecule is CCCCC1=N[C@@H]2[C@@H](O)[C@H](O)[C@@H](CO)C[C@@H]2S1. The van der Waals surface area contributed by atoms with Crippen LogP contribution in [0.5, 0.6) is 0 Å². The summed E-state index contributed by atoms with van der Waals surface area (Å²) in [5, 5.41) is 30.4. The van der Waals surface area contributed by atoms with Crippen molar-refractivity contribution in [1.82, 2.24) is 0 Å². The van der Waals surface area contributed by atoms with Crippen LogP contribution in [0.1, 0.15) is 32.6 Å². The molecule has 0 spiro atoms. The maximum Gasteiger partial charge on any atom is 0.104 e. The molecular weight excluding hydrogens is 238 g/mol. The number of fused-ring (bicyclic) bond motifs is 1. The maximum atomic E-state index is 10.0. The Balaban J connectivity index is 2.01. The van der Waals surface area contributed by atoms with Gasteiger partial charge in [-0.3, -0.25) is 4.99 Å². The number of rotatable bonds is 4. The average Bonchev–Trinajstić information content (AvgIpc) is 2.74. The number of aliphatic hydroxyl groups is 3. The number of thioether (sulfide) groups is 1. The molecule has 3 N–H and O–H groups in total. The van der Waals surface area contributed by atoms with Gasteiger partial charge in [0, 0.05) is 17.8 Å². The monoisotopic (exact) mass is 259 g/mol. The summed E-state index contributed by atoms with van der Waals surface area (Å²) in [5.74, 6) is -0.209. The third-order valence-corrected chi connectivity index (χ3v) is 5.01. The molecule has 0 aromatic rings. The predicted octanol–water partition coefficient (Wildman–Crippen LogP) is 0.793. The van der Waals surface area contributed by atoms with E-state index in [0.717, 1.165) is 30.7 Å². The molecule has 5 atom stereocenters. The predicted molar refractivity (Wildman–Crippen MR) is 69.3 cm³/mol. The number of nitrogens with zero attached hydrogens (tertiary/aromatic N) is 1. The van der Waals surface area contributed by atoms with Crippen molar-refractivity contribution < 1.29 is 15.3 Å². The van der Waals surface area contributed by atoms with Gasteiger partial charge in [-0.1, -0.05) is 13.3 Å². The van der Waals surface area contributed by atoms with Crippen molar-refractivity contribution >= 4 is 16.8 Å². The molecule has 0 amide bonds. The van der Waals surface area contributed by atoms with Gasteiger partial charge in [-0.2, -0.15) is 0 Å². The van der Waals surface area contributed by atoms with E-state index in [2.05, 4.69) is 11.9 Å². The maximum absolute atomic E-state index is 10.0. The van der Waals surface area contributed by atoms with Crippen molar-refractivity contribution in [3.8, 4) is 0 Å². The van der Waals surface area contributed by atoms with Crippen molar-refractivity contribution in [2.45, 2.75) is 56.1 Å². The van der Waals surface area contributed by atoms with Gasteiger partial charge >= 0.3 is 0 Å². The fourth-order valence-corrected chi connectivity index (χ4v) is 4.06. The molecule has 0 aromatic carbocycles. The first kappa shape index (κ1) is 13.3. The Bertz CT molecular complexity index is 297. The highest BCUT2D eigenvalue weighted by atomic mass is 32.2. The minimum Gasteiger partial charge on any atom is -0.396 e. The second-order valence-electron chi connectivity index (χ2n) is 4.93. The van der Waals surface area contributed by atoms with Crippen LogP contribution >= 0.6 is 11.8 Å². The van der Waals surface area contributed by atoms with Crippen molar-refractivity contribution in [1.29, 1.82) is 0 Å². The standard InChI is InChI=1S/C12H21NO3S/c1-2-3-4-9-13-10-8(17-9)5-7(6-14)11(15)12(10)16/h7-8,10-12,14-16H,2-6H2,1H3/t7-,8+,10+,11-,12-/m1/s1. The molecule has 1 saturated carbocycles. The first-order valence-corrected chi connectivity index (χ1v) is 7.25. The number of hydrogen-bond donors (Lipinski definition) is 3. The van der Waals surface area contributed by atoms with E-state index in [1.165, 1.54) is 0 Å². The summed E-state index contributed by atoms with van der Waals surface area (Å²) in [6, 6.07) is -0.176. The van der Waals surface area contributed by atoms with E-state index >= 15 is 0 Å². The summed E-state index contributed by atoms with van der Waals surface area (Å²) in [5.41, 5.74) is 0. The van der Waals surface area contributed by atoms with Crippen molar-refractivity contribution in [2.24, 2.45) is 10.9 Å². The molecule has 2 aliphatic rings. The molecule has 1 heterocycles. The van der Waals surface area contributed by atoms with Gasteiger partial charge in [-0.15, -0.1) is 11.8 Å². The summed E-state index contributed by atoms with van der Waals surface area (Å²) in [6.07, 6.45) is 2.31. The molecule has 0 unspecified atom stereocenters. The lowest BCUT2D eigenvalue weighted by molar-refractivity contribution is -0.0646. The fraction of sp³-hybridized carbons (Fsp3) is 0.917. The summed E-state index contributed by atoms with van der Waals surface area (Å²) in [6.45, 7) is 2.08. The van der Waals surface area contributed by atoms with E-state index in [1.54, 1.807) is 11.8 Å². The molecule has 98 valence electrons. The molecule has 1 aliphatic heterocycles. The first-order chi connectivity index (χ1) is 8.17. The minimum atomic E-state index is -0.837. The van der Waals surface area contributed by atoms with Crippen LogP contribution in [0, 0.1) is 5.92 Å². The molecule has 0 saturated heterocycles. The van der Waals surface area contributed by atoms with Crippen molar-refractivity contribution in [3.63, 3.8) is 0 Å². The lowest BCUT2D eigenvalue weighted by atomic mass is 9.81. The molecule has 0 bridgehead atoms. The zero-order valence-electron chi connectivity index (χ0n) is 10.1. The molecule has 5 heteroatoms. The molecule has 0 aromatic heterocycles. The van der Waals surface area contributed by atoms with Gasteiger partial charge in [-0.05, 0) is 19.3 Å². The van der Waals surface area contributed by atoms with E-state index in [0.29, 0.717) is 0 Å². The normalized spacial score (nSPS) is 41.2. The Labute approximate surface area is 106 Å². The Morgan fingerprint density at radius 1 is 1.35 bits per heavy atom. The lowest BCUT2D eigenvalue weighted by Crippen LogP contribution is -2.51. The molecule has 2 rings (SSSR count). The largest absolute Gasteiger partial charge is 0.396 e. The van der Waals surface area contributed by atoms with Crippen LogP contribution < -0.4 is 0 Å². The second kappa shape index (κ2) is 5.69. The van der Waals surface area contributed by atoms with Crippen LogP contribution in [0.25, 0.3) is 0 Å². The number of unbranched alkanes of at least 4 members (excludes halogenated alkanes) is 1. The Morgan fingerprint density at radius 3 is 2.76 bits per heavy atom. The van der Waals surface area contributed by atoms with Gasteiger partial charge in [0.25, 0.3) is 0 Å². The first-order valence-electron chi connectivity index (χ1n) is 6.37. The Hall–Kier alpha value is -0.100. The lowest BCUT2D eigenvalue weighted by Gasteiger charge is -2.37. The van der Waals surface area contributed by atoms with E-state index in [9.17, 15) is 15.3 Å². The third kappa shape index (κ3) is 2.67. The molecule has 17 heavy (non-hydrogen) atoms. The average molecular weight is 259 g/mol. The Kier molecular flexibility index (Phi) is 4.47. The molecule has 0 radical (unpaired) electrons. The summed E-state index contributed by atoms with van der Waals surface area (Å²) < 4.78 is 0. The van der Waals surface area contributed by atoms with Crippen molar-refractivity contribution in [2.75, 3.05) is 6.61 Å². The van der Waals surface area contributed by atoms with Crippen molar-refractivity contribution in [3.05, 3.63) is 0 Å². The molecule has 1 fully saturated rings. The van der Waals surface area contributed by atoms with Crippen LogP contribution in [0.4, 0.5) is 0 Å². The number of aliphatic hydroxyl groups excluding tert-OH is 3. The third-order valence-electron chi connectivity index (χ3n) is 3.66. The summed E-state index contributed by atoms with van der Waals surface area (Å²) in [7, 11) is 0. The van der Waals surface area contributed by atoms with Crippen LogP contribution in [-0.2, 0) is 0 Å². The number of aliphatic imine (C=N–C) groups is 1. The smallest absolute Gasteiger partial charge is 0.104 e. The summed E-state index contributed by atoms with van der Waals surface area (Å²) in [4.78, 5) is 4.54. The van der Waals surface area contributed by atoms with Gasteiger partial charge in [0.1, 0.15) is 6.10 Å². The van der Waals surface area contributed by atoms with Crippen LogP contribution in [-0.4, -0.2) is 50.5 Å². The van der Waals surface area contributed by atoms with Crippen LogP contribution in [0.2, 0.25) is 0 Å². The van der Waals surface area contributed by atoms with Gasteiger partial charge in [0.2, 0.25) is 0 Å². The van der Waals surface area contributed by atoms with Gasteiger partial charge < -0.3 is 15.3 Å². The highest BCUT2D eigenvalue weighted by molar-refractivity contribution is 8.14. The topological polar surface area (TPSA) is 73.1 Å². The van der Waals surface area contributed by atoms with Gasteiger partial charge in [-0.25, -0.2) is 0 Å². The second-order valence-corrected chi connectivity index (χ2v) is 6.25. The van der Waals surface area contributed by atoms with Crippen LogP contribution in [0.3, 0.4) is 0 Å². The van der Waals surface area contributed by atoms with E-state index < -0.39 is 12.2 Å². The summed E-state index contributed by atoms with van der Waals surface area (Å²) >= 11 is 1.73. The molecular formula is C12H21NO3S. The Morgan fingerprint density at radius 2 is 2.12 bits per heavy atom. The van der Waals surface area contributed by atoms with Gasteiger partial charge in [0.15, 0.2) is 0 Å². The molecule has 1 aliphatic carbocycles. The van der Waals surface area contributed by atoms with E-state index in [-0.39, 0.29) is 23.8 Å². The number of hydrogen-bond acceptors (Lipinski definition) is 5. The highest BCUT2D eigenvalue weighted by Crippen LogP contribution is 2.40. The highest BCUT2D eigenvalue weighted by Gasteiger charge is 2.46. The quantitative estimate of drug-likeness (QED) is 0.698. The minimum absolute atomic E-state index is 0.0632. The zero-order valence-corrected chi connectivity index (χ0v) is 10.9. The van der Waals surface area contributed by atoms with E-state index in [4.69, 9.17) is 0 Å². The molecule has 4 nitrogen and oxygen atoms in total. The fourth-order valence-electron chi connectivity index (χ4n) is 2.56. The van der Waals surface area contributed by atoms with Gasteiger partial charge in [0.05, 0.1) is 17.2 Å². The van der Waals surface area contributed by atoms with Crippen LogP contribution in [0.15, 0.2) is 4.99 Å². The van der Waals surface area contributed by atoms with E-state index in [1.807, 2.05) is 0 Å².